The Labute approximate surface area is 101 Å². The van der Waals surface area contributed by atoms with Crippen LogP contribution in [0.2, 0.25) is 0 Å². The van der Waals surface area contributed by atoms with Gasteiger partial charge in [0.2, 0.25) is 0 Å². The molecule has 90 valence electrons. The fourth-order valence-corrected chi connectivity index (χ4v) is 3.13. The molecule has 3 atom stereocenters. The minimum atomic E-state index is -0.106. The Morgan fingerprint density at radius 2 is 2.06 bits per heavy atom. The predicted octanol–water partition coefficient (Wildman–Crippen LogP) is -0.263. The molecular weight excluding hydrogens is 224 g/mol. The van der Waals surface area contributed by atoms with Crippen LogP contribution in [0, 0.1) is 11.8 Å². The van der Waals surface area contributed by atoms with E-state index in [0.717, 1.165) is 24.9 Å². The van der Waals surface area contributed by atoms with Crippen molar-refractivity contribution in [3.05, 3.63) is 11.8 Å². The van der Waals surface area contributed by atoms with Gasteiger partial charge in [-0.3, -0.25) is 10.2 Å². The largest absolute Gasteiger partial charge is 0.363 e. The molecule has 3 heterocycles. The van der Waals surface area contributed by atoms with Crippen molar-refractivity contribution in [2.75, 3.05) is 39.3 Å². The lowest BCUT2D eigenvalue weighted by Crippen LogP contribution is -2.42. The molecule has 3 rings (SSSR count). The van der Waals surface area contributed by atoms with E-state index >= 15 is 0 Å². The van der Waals surface area contributed by atoms with Gasteiger partial charge in [-0.25, -0.2) is 0 Å². The second-order valence-corrected chi connectivity index (χ2v) is 5.52. The van der Waals surface area contributed by atoms with Gasteiger partial charge in [0.05, 0.1) is 0 Å². The van der Waals surface area contributed by atoms with E-state index in [4.69, 9.17) is 11.6 Å². The summed E-state index contributed by atoms with van der Waals surface area (Å²) in [6.45, 7) is 6.90. The molecule has 0 spiro atoms. The zero-order chi connectivity index (χ0) is 11.0. The molecule has 3 aliphatic heterocycles. The van der Waals surface area contributed by atoms with Crippen molar-refractivity contribution in [3.63, 3.8) is 0 Å². The van der Waals surface area contributed by atoms with E-state index in [1.54, 1.807) is 0 Å². The quantitative estimate of drug-likeness (QED) is 0.461. The molecule has 0 bridgehead atoms. The van der Waals surface area contributed by atoms with E-state index in [0.29, 0.717) is 0 Å². The number of nitrogens with one attached hydrogen (secondary N) is 3. The monoisotopic (exact) mass is 242 g/mol. The van der Waals surface area contributed by atoms with Crippen molar-refractivity contribution < 1.29 is 0 Å². The van der Waals surface area contributed by atoms with Crippen molar-refractivity contribution in [1.29, 1.82) is 0 Å². The number of hydrogen-bond donors (Lipinski definition) is 3. The Balaban J connectivity index is 1.53. The number of halogens is 1. The van der Waals surface area contributed by atoms with Gasteiger partial charge in [-0.2, -0.15) is 0 Å². The predicted molar refractivity (Wildman–Crippen MR) is 65.2 cm³/mol. The van der Waals surface area contributed by atoms with Crippen LogP contribution < -0.4 is 16.0 Å². The smallest absolute Gasteiger partial charge is 0.155 e. The molecule has 0 aliphatic carbocycles. The number of rotatable bonds is 2. The Hall–Kier alpha value is -0.290. The first-order chi connectivity index (χ1) is 7.81. The highest BCUT2D eigenvalue weighted by atomic mass is 35.5. The van der Waals surface area contributed by atoms with E-state index in [-0.39, 0.29) is 5.62 Å². The molecule has 0 amide bonds. The van der Waals surface area contributed by atoms with Crippen molar-refractivity contribution in [1.82, 2.24) is 20.9 Å². The van der Waals surface area contributed by atoms with Crippen LogP contribution in [0.15, 0.2) is 11.8 Å². The van der Waals surface area contributed by atoms with Crippen LogP contribution in [0.4, 0.5) is 0 Å². The highest BCUT2D eigenvalue weighted by Crippen LogP contribution is 2.26. The number of likely N-dealkylation sites (tertiary alicyclic amines) is 1. The summed E-state index contributed by atoms with van der Waals surface area (Å²) in [5.74, 6) is 1.76. The SMILES string of the molecule is ClC1NC=C(CN2CC3CNCC3C2)CN1. The molecule has 0 aromatic carbocycles. The van der Waals surface area contributed by atoms with Gasteiger partial charge >= 0.3 is 0 Å². The molecule has 3 N–H and O–H groups in total. The van der Waals surface area contributed by atoms with E-state index in [9.17, 15) is 0 Å². The second kappa shape index (κ2) is 4.53. The second-order valence-electron chi connectivity index (χ2n) is 5.09. The Morgan fingerprint density at radius 1 is 1.31 bits per heavy atom. The van der Waals surface area contributed by atoms with Crippen molar-refractivity contribution in [2.24, 2.45) is 11.8 Å². The summed E-state index contributed by atoms with van der Waals surface area (Å²) >= 11 is 5.89. The fourth-order valence-electron chi connectivity index (χ4n) is 2.99. The van der Waals surface area contributed by atoms with Gasteiger partial charge in [0.25, 0.3) is 0 Å². The summed E-state index contributed by atoms with van der Waals surface area (Å²) in [6.07, 6.45) is 2.07. The topological polar surface area (TPSA) is 39.3 Å². The number of alkyl halides is 1. The van der Waals surface area contributed by atoms with E-state index in [1.165, 1.54) is 31.8 Å². The molecule has 5 heteroatoms. The molecule has 3 aliphatic rings. The first-order valence-corrected chi connectivity index (χ1v) is 6.49. The van der Waals surface area contributed by atoms with E-state index in [2.05, 4.69) is 27.1 Å². The van der Waals surface area contributed by atoms with Gasteiger partial charge in [-0.05, 0) is 30.5 Å². The Morgan fingerprint density at radius 3 is 2.69 bits per heavy atom. The van der Waals surface area contributed by atoms with Crippen LogP contribution in [-0.4, -0.2) is 49.8 Å². The summed E-state index contributed by atoms with van der Waals surface area (Å²) in [7, 11) is 0. The Kier molecular flexibility index (Phi) is 3.07. The lowest BCUT2D eigenvalue weighted by atomic mass is 10.0. The highest BCUT2D eigenvalue weighted by Gasteiger charge is 2.36. The van der Waals surface area contributed by atoms with Crippen molar-refractivity contribution in [2.45, 2.75) is 5.62 Å². The van der Waals surface area contributed by atoms with Crippen LogP contribution in [0.3, 0.4) is 0 Å². The van der Waals surface area contributed by atoms with Crippen molar-refractivity contribution >= 4 is 11.6 Å². The van der Waals surface area contributed by atoms with Crippen LogP contribution in [0.1, 0.15) is 0 Å². The summed E-state index contributed by atoms with van der Waals surface area (Å²) in [4.78, 5) is 2.57. The fraction of sp³-hybridized carbons (Fsp3) is 0.818. The summed E-state index contributed by atoms with van der Waals surface area (Å²) < 4.78 is 0. The van der Waals surface area contributed by atoms with Gasteiger partial charge in [0, 0.05) is 32.4 Å². The van der Waals surface area contributed by atoms with Crippen molar-refractivity contribution in [3.8, 4) is 0 Å². The molecule has 0 aromatic heterocycles. The molecule has 4 nitrogen and oxygen atoms in total. The Bertz CT molecular complexity index is 282. The van der Waals surface area contributed by atoms with Crippen LogP contribution >= 0.6 is 11.6 Å². The normalized spacial score (nSPS) is 39.3. The third-order valence-electron chi connectivity index (χ3n) is 3.83. The number of fused-ring (bicyclic) bond motifs is 1. The number of nitrogens with zero attached hydrogens (tertiary/aromatic N) is 1. The summed E-state index contributed by atoms with van der Waals surface area (Å²) in [5.41, 5.74) is 1.30. The molecule has 0 saturated carbocycles. The minimum Gasteiger partial charge on any atom is -0.363 e. The van der Waals surface area contributed by atoms with E-state index in [1.807, 2.05) is 0 Å². The molecule has 3 unspecified atom stereocenters. The third-order valence-corrected chi connectivity index (χ3v) is 4.11. The number of hydrogen-bond acceptors (Lipinski definition) is 4. The van der Waals surface area contributed by atoms with Gasteiger partial charge in [0.15, 0.2) is 5.62 Å². The van der Waals surface area contributed by atoms with Crippen LogP contribution in [0.25, 0.3) is 0 Å². The lowest BCUT2D eigenvalue weighted by molar-refractivity contribution is 0.332. The molecule has 2 saturated heterocycles. The van der Waals surface area contributed by atoms with E-state index < -0.39 is 0 Å². The molecule has 2 fully saturated rings. The van der Waals surface area contributed by atoms with Gasteiger partial charge in [-0.15, -0.1) is 0 Å². The van der Waals surface area contributed by atoms with Crippen LogP contribution in [0.5, 0.6) is 0 Å². The zero-order valence-corrected chi connectivity index (χ0v) is 10.1. The maximum Gasteiger partial charge on any atom is 0.155 e. The highest BCUT2D eigenvalue weighted by molar-refractivity contribution is 6.20. The molecule has 16 heavy (non-hydrogen) atoms. The molecule has 0 aromatic rings. The van der Waals surface area contributed by atoms with Gasteiger partial charge in [0.1, 0.15) is 0 Å². The third kappa shape index (κ3) is 2.20. The first-order valence-electron chi connectivity index (χ1n) is 6.06. The van der Waals surface area contributed by atoms with Crippen LogP contribution in [-0.2, 0) is 0 Å². The lowest BCUT2D eigenvalue weighted by Gasteiger charge is -2.24. The average Bonchev–Trinajstić information content (AvgIpc) is 2.81. The summed E-state index contributed by atoms with van der Waals surface area (Å²) in [5, 5.41) is 9.78. The average molecular weight is 243 g/mol. The molecule has 0 radical (unpaired) electrons. The minimum absolute atomic E-state index is 0.106. The molecular formula is C11H19ClN4. The summed E-state index contributed by atoms with van der Waals surface area (Å²) in [6, 6.07) is 0. The maximum absolute atomic E-state index is 5.89. The van der Waals surface area contributed by atoms with Gasteiger partial charge in [-0.1, -0.05) is 11.6 Å². The zero-order valence-electron chi connectivity index (χ0n) is 9.38. The maximum atomic E-state index is 5.89. The van der Waals surface area contributed by atoms with Gasteiger partial charge < -0.3 is 10.6 Å². The first kappa shape index (κ1) is 10.8. The standard InChI is InChI=1S/C11H19ClN4/c12-11-14-1-8(2-15-11)5-16-6-9-3-13-4-10(9)7-16/h1,9-11,13-15H,2-7H2.